The van der Waals surface area contributed by atoms with E-state index in [1.807, 2.05) is 6.92 Å². The first kappa shape index (κ1) is 10.6. The molecule has 2 amide bonds. The zero-order valence-corrected chi connectivity index (χ0v) is 9.08. The number of hydrogen-bond acceptors (Lipinski definition) is 3. The van der Waals surface area contributed by atoms with E-state index in [9.17, 15) is 4.79 Å². The third kappa shape index (κ3) is 2.36. The van der Waals surface area contributed by atoms with E-state index < -0.39 is 0 Å². The fraction of sp³-hybridized carbons (Fsp3) is 0.364. The lowest BCUT2D eigenvalue weighted by Gasteiger charge is -2.06. The lowest BCUT2D eigenvalue weighted by Crippen LogP contribution is -2.29. The van der Waals surface area contributed by atoms with Crippen molar-refractivity contribution in [2.24, 2.45) is 0 Å². The Bertz CT molecular complexity index is 393. The number of amides is 2. The van der Waals surface area contributed by atoms with Crippen LogP contribution in [0.15, 0.2) is 18.2 Å². The second-order valence-corrected chi connectivity index (χ2v) is 3.45. The van der Waals surface area contributed by atoms with Crippen LogP contribution < -0.4 is 20.1 Å². The Hall–Kier alpha value is -1.91. The number of ether oxygens (including phenoxy) is 2. The Kier molecular flexibility index (Phi) is 3.14. The lowest BCUT2D eigenvalue weighted by atomic mass is 10.3. The molecule has 5 nitrogen and oxygen atoms in total. The van der Waals surface area contributed by atoms with E-state index in [1.165, 1.54) is 0 Å². The van der Waals surface area contributed by atoms with E-state index in [0.29, 0.717) is 23.7 Å². The number of hydrogen-bond donors (Lipinski definition) is 2. The van der Waals surface area contributed by atoms with Crippen molar-refractivity contribution in [3.8, 4) is 11.5 Å². The second kappa shape index (κ2) is 4.74. The van der Waals surface area contributed by atoms with Gasteiger partial charge >= 0.3 is 6.03 Å². The van der Waals surface area contributed by atoms with Gasteiger partial charge in [-0.05, 0) is 18.6 Å². The Morgan fingerprint density at radius 3 is 3.00 bits per heavy atom. The van der Waals surface area contributed by atoms with Crippen molar-refractivity contribution in [1.82, 2.24) is 5.32 Å². The zero-order valence-electron chi connectivity index (χ0n) is 9.08. The van der Waals surface area contributed by atoms with Crippen LogP contribution in [0.1, 0.15) is 13.3 Å². The summed E-state index contributed by atoms with van der Waals surface area (Å²) in [5.41, 5.74) is 0.692. The maximum atomic E-state index is 11.4. The average Bonchev–Trinajstić information content (AvgIpc) is 2.73. The maximum absolute atomic E-state index is 11.4. The van der Waals surface area contributed by atoms with Crippen molar-refractivity contribution in [3.63, 3.8) is 0 Å². The highest BCUT2D eigenvalue weighted by Gasteiger charge is 2.13. The van der Waals surface area contributed by atoms with Crippen LogP contribution in [0.4, 0.5) is 10.5 Å². The Labute approximate surface area is 93.7 Å². The highest BCUT2D eigenvalue weighted by Crippen LogP contribution is 2.34. The van der Waals surface area contributed by atoms with Crippen molar-refractivity contribution < 1.29 is 14.3 Å². The van der Waals surface area contributed by atoms with Crippen LogP contribution in [0.3, 0.4) is 0 Å². The molecule has 0 saturated heterocycles. The number of nitrogens with one attached hydrogen (secondary N) is 2. The molecule has 0 unspecified atom stereocenters. The standard InChI is InChI=1S/C11H14N2O3/c1-2-5-12-11(14)13-8-3-4-9-10(6-8)16-7-15-9/h3-4,6H,2,5,7H2,1H3,(H2,12,13,14). The molecule has 2 rings (SSSR count). The van der Waals surface area contributed by atoms with Gasteiger partial charge in [-0.1, -0.05) is 6.92 Å². The van der Waals surface area contributed by atoms with Crippen LogP contribution in [0, 0.1) is 0 Å². The largest absolute Gasteiger partial charge is 0.454 e. The molecule has 2 N–H and O–H groups in total. The molecule has 1 heterocycles. The number of urea groups is 1. The minimum atomic E-state index is -0.208. The van der Waals surface area contributed by atoms with Crippen LogP contribution in [0.5, 0.6) is 11.5 Å². The molecule has 1 aliphatic heterocycles. The predicted octanol–water partition coefficient (Wildman–Crippen LogP) is 1.95. The summed E-state index contributed by atoms with van der Waals surface area (Å²) in [6, 6.07) is 5.09. The quantitative estimate of drug-likeness (QED) is 0.821. The van der Waals surface area contributed by atoms with Gasteiger partial charge in [0, 0.05) is 18.3 Å². The molecule has 1 aromatic carbocycles. The summed E-state index contributed by atoms with van der Waals surface area (Å²) in [5.74, 6) is 1.37. The van der Waals surface area contributed by atoms with Crippen LogP contribution in [0.25, 0.3) is 0 Å². The summed E-state index contributed by atoms with van der Waals surface area (Å²) in [6.45, 7) is 2.90. The number of fused-ring (bicyclic) bond motifs is 1. The van der Waals surface area contributed by atoms with E-state index in [-0.39, 0.29) is 12.8 Å². The number of benzene rings is 1. The second-order valence-electron chi connectivity index (χ2n) is 3.45. The molecule has 0 aromatic heterocycles. The molecule has 86 valence electrons. The molecule has 16 heavy (non-hydrogen) atoms. The van der Waals surface area contributed by atoms with Crippen molar-refractivity contribution >= 4 is 11.7 Å². The fourth-order valence-corrected chi connectivity index (χ4v) is 1.39. The highest BCUT2D eigenvalue weighted by molar-refractivity contribution is 5.89. The lowest BCUT2D eigenvalue weighted by molar-refractivity contribution is 0.174. The third-order valence-electron chi connectivity index (χ3n) is 2.17. The molecular formula is C11H14N2O3. The molecule has 5 heteroatoms. The Balaban J connectivity index is 1.97. The molecule has 1 aliphatic rings. The number of rotatable bonds is 3. The zero-order chi connectivity index (χ0) is 11.4. The van der Waals surface area contributed by atoms with Gasteiger partial charge in [0.2, 0.25) is 6.79 Å². The number of carbonyl (C=O) groups excluding carboxylic acids is 1. The molecule has 0 spiro atoms. The van der Waals surface area contributed by atoms with Crippen molar-refractivity contribution in [1.29, 1.82) is 0 Å². The van der Waals surface area contributed by atoms with Crippen LogP contribution in [-0.2, 0) is 0 Å². The van der Waals surface area contributed by atoms with Gasteiger partial charge in [-0.15, -0.1) is 0 Å². The van der Waals surface area contributed by atoms with Gasteiger partial charge in [-0.3, -0.25) is 0 Å². The topological polar surface area (TPSA) is 59.6 Å². The van der Waals surface area contributed by atoms with Crippen molar-refractivity contribution in [3.05, 3.63) is 18.2 Å². The van der Waals surface area contributed by atoms with Gasteiger partial charge < -0.3 is 20.1 Å². The van der Waals surface area contributed by atoms with Crippen LogP contribution in [0.2, 0.25) is 0 Å². The highest BCUT2D eigenvalue weighted by atomic mass is 16.7. The minimum Gasteiger partial charge on any atom is -0.454 e. The monoisotopic (exact) mass is 222 g/mol. The van der Waals surface area contributed by atoms with Gasteiger partial charge in [0.05, 0.1) is 0 Å². The van der Waals surface area contributed by atoms with Gasteiger partial charge in [0.1, 0.15) is 0 Å². The Morgan fingerprint density at radius 1 is 1.38 bits per heavy atom. The summed E-state index contributed by atoms with van der Waals surface area (Å²) in [4.78, 5) is 11.4. The third-order valence-corrected chi connectivity index (χ3v) is 2.17. The van der Waals surface area contributed by atoms with Crippen molar-refractivity contribution in [2.45, 2.75) is 13.3 Å². The molecule has 0 radical (unpaired) electrons. The maximum Gasteiger partial charge on any atom is 0.319 e. The Morgan fingerprint density at radius 2 is 2.19 bits per heavy atom. The first-order valence-corrected chi connectivity index (χ1v) is 5.24. The number of carbonyl (C=O) groups is 1. The summed E-state index contributed by atoms with van der Waals surface area (Å²) >= 11 is 0. The average molecular weight is 222 g/mol. The molecule has 0 fully saturated rings. The van der Waals surface area contributed by atoms with E-state index in [2.05, 4.69) is 10.6 Å². The van der Waals surface area contributed by atoms with Gasteiger partial charge in [-0.2, -0.15) is 0 Å². The van der Waals surface area contributed by atoms with E-state index in [4.69, 9.17) is 9.47 Å². The normalized spacial score (nSPS) is 12.3. The first-order valence-electron chi connectivity index (χ1n) is 5.24. The van der Waals surface area contributed by atoms with E-state index >= 15 is 0 Å². The summed E-state index contributed by atoms with van der Waals surface area (Å²) in [5, 5.41) is 5.45. The van der Waals surface area contributed by atoms with Gasteiger partial charge in [0.15, 0.2) is 11.5 Å². The fourth-order valence-electron chi connectivity index (χ4n) is 1.39. The van der Waals surface area contributed by atoms with Gasteiger partial charge in [0.25, 0.3) is 0 Å². The molecule has 0 atom stereocenters. The number of anilines is 1. The summed E-state index contributed by atoms with van der Waals surface area (Å²) in [7, 11) is 0. The van der Waals surface area contributed by atoms with Crippen molar-refractivity contribution in [2.75, 3.05) is 18.7 Å². The summed E-state index contributed by atoms with van der Waals surface area (Å²) in [6.07, 6.45) is 0.911. The van der Waals surface area contributed by atoms with Crippen LogP contribution in [-0.4, -0.2) is 19.4 Å². The van der Waals surface area contributed by atoms with Crippen LogP contribution >= 0.6 is 0 Å². The molecule has 1 aromatic rings. The molecule has 0 saturated carbocycles. The molecule has 0 bridgehead atoms. The van der Waals surface area contributed by atoms with E-state index in [1.54, 1.807) is 18.2 Å². The van der Waals surface area contributed by atoms with Gasteiger partial charge in [-0.25, -0.2) is 4.79 Å². The predicted molar refractivity (Wildman–Crippen MR) is 59.9 cm³/mol. The molecule has 0 aliphatic carbocycles. The first-order chi connectivity index (χ1) is 7.79. The minimum absolute atomic E-state index is 0.208. The smallest absolute Gasteiger partial charge is 0.319 e. The van der Waals surface area contributed by atoms with E-state index in [0.717, 1.165) is 6.42 Å². The summed E-state index contributed by atoms with van der Waals surface area (Å²) < 4.78 is 10.4. The molecular weight excluding hydrogens is 208 g/mol. The SMILES string of the molecule is CCCNC(=O)Nc1ccc2c(c1)OCO2.